The van der Waals surface area contributed by atoms with Gasteiger partial charge in [0.15, 0.2) is 5.96 Å². The molecule has 0 aliphatic carbocycles. The molecule has 2 aromatic carbocycles. The molecule has 6 nitrogen and oxygen atoms in total. The van der Waals surface area contributed by atoms with Crippen molar-refractivity contribution in [2.45, 2.75) is 6.42 Å². The Morgan fingerprint density at radius 3 is 2.00 bits per heavy atom. The maximum atomic E-state index is 10.6. The van der Waals surface area contributed by atoms with E-state index in [1.54, 1.807) is 48.5 Å². The van der Waals surface area contributed by atoms with Crippen molar-refractivity contribution in [2.24, 2.45) is 16.5 Å². The predicted octanol–water partition coefficient (Wildman–Crippen LogP) is 2.01. The number of guanidine groups is 1. The van der Waals surface area contributed by atoms with Gasteiger partial charge in [-0.1, -0.05) is 12.1 Å². The van der Waals surface area contributed by atoms with E-state index in [9.17, 15) is 4.79 Å². The summed E-state index contributed by atoms with van der Waals surface area (Å²) in [6.45, 7) is 0. The minimum atomic E-state index is -0.862. The molecule has 0 fully saturated rings. The summed E-state index contributed by atoms with van der Waals surface area (Å²) < 4.78 is 5.64. The van der Waals surface area contributed by atoms with E-state index >= 15 is 0 Å². The van der Waals surface area contributed by atoms with Gasteiger partial charge in [-0.3, -0.25) is 4.79 Å². The van der Waals surface area contributed by atoms with E-state index in [-0.39, 0.29) is 12.4 Å². The summed E-state index contributed by atoms with van der Waals surface area (Å²) >= 11 is 0. The summed E-state index contributed by atoms with van der Waals surface area (Å²) in [4.78, 5) is 14.5. The van der Waals surface area contributed by atoms with Crippen molar-refractivity contribution in [1.82, 2.24) is 0 Å². The Morgan fingerprint density at radius 1 is 1.00 bits per heavy atom. The number of ether oxygens (including phenoxy) is 1. The topological polar surface area (TPSA) is 111 Å². The maximum Gasteiger partial charge on any atom is 0.307 e. The van der Waals surface area contributed by atoms with Crippen LogP contribution in [-0.4, -0.2) is 17.0 Å². The number of carbonyl (C=O) groups is 1. The summed E-state index contributed by atoms with van der Waals surface area (Å²) in [5.74, 6) is 0.394. The molecular weight excluding hydrogens is 270 g/mol. The van der Waals surface area contributed by atoms with Crippen LogP contribution in [0.1, 0.15) is 5.56 Å². The molecule has 21 heavy (non-hydrogen) atoms. The zero-order valence-corrected chi connectivity index (χ0v) is 11.2. The van der Waals surface area contributed by atoms with E-state index < -0.39 is 5.97 Å². The Morgan fingerprint density at radius 2 is 1.52 bits per heavy atom. The van der Waals surface area contributed by atoms with Gasteiger partial charge in [-0.05, 0) is 42.0 Å². The number of nitrogens with zero attached hydrogens (tertiary/aromatic N) is 1. The first kappa shape index (κ1) is 14.4. The van der Waals surface area contributed by atoms with Crippen LogP contribution < -0.4 is 16.2 Å². The summed E-state index contributed by atoms with van der Waals surface area (Å²) in [5, 5.41) is 8.70. The van der Waals surface area contributed by atoms with Gasteiger partial charge in [0.25, 0.3) is 0 Å². The number of hydrogen-bond acceptors (Lipinski definition) is 3. The highest BCUT2D eigenvalue weighted by Gasteiger charge is 2.02. The lowest BCUT2D eigenvalue weighted by molar-refractivity contribution is -0.136. The third-order valence-electron chi connectivity index (χ3n) is 2.61. The molecule has 2 rings (SSSR count). The first-order chi connectivity index (χ1) is 10.0. The molecule has 0 saturated carbocycles. The highest BCUT2D eigenvalue weighted by atomic mass is 16.5. The molecule has 0 unspecified atom stereocenters. The molecule has 0 spiro atoms. The van der Waals surface area contributed by atoms with Crippen molar-refractivity contribution in [3.8, 4) is 11.5 Å². The lowest BCUT2D eigenvalue weighted by atomic mass is 10.1. The first-order valence-corrected chi connectivity index (χ1v) is 6.21. The van der Waals surface area contributed by atoms with Crippen LogP contribution in [0.2, 0.25) is 0 Å². The van der Waals surface area contributed by atoms with E-state index in [2.05, 4.69) is 4.99 Å². The minimum Gasteiger partial charge on any atom is -0.481 e. The molecule has 0 aliphatic heterocycles. The summed E-state index contributed by atoms with van der Waals surface area (Å²) in [7, 11) is 0. The molecule has 0 heterocycles. The average molecular weight is 285 g/mol. The van der Waals surface area contributed by atoms with Gasteiger partial charge >= 0.3 is 5.97 Å². The van der Waals surface area contributed by atoms with Crippen molar-refractivity contribution in [1.29, 1.82) is 0 Å². The highest BCUT2D eigenvalue weighted by molar-refractivity contribution is 5.79. The smallest absolute Gasteiger partial charge is 0.307 e. The molecular formula is C15H15N3O3. The zero-order valence-electron chi connectivity index (χ0n) is 11.2. The summed E-state index contributed by atoms with van der Waals surface area (Å²) in [6, 6.07) is 13.8. The normalized spacial score (nSPS) is 9.90. The summed E-state index contributed by atoms with van der Waals surface area (Å²) in [5.41, 5.74) is 11.9. The standard InChI is InChI=1S/C15H15N3O3/c16-15(17)18-11-3-7-13(8-4-11)21-12-5-1-10(2-6-12)9-14(19)20/h1-8H,9H2,(H,19,20)(H4,16,17,18). The van der Waals surface area contributed by atoms with Gasteiger partial charge < -0.3 is 21.3 Å². The van der Waals surface area contributed by atoms with Gasteiger partial charge in [-0.2, -0.15) is 0 Å². The Kier molecular flexibility index (Phi) is 4.40. The number of carboxylic acids is 1. The van der Waals surface area contributed by atoms with Crippen LogP contribution in [0.3, 0.4) is 0 Å². The lowest BCUT2D eigenvalue weighted by Gasteiger charge is -2.06. The largest absolute Gasteiger partial charge is 0.481 e. The zero-order chi connectivity index (χ0) is 15.2. The number of aliphatic carboxylic acids is 1. The van der Waals surface area contributed by atoms with Gasteiger partial charge in [0.1, 0.15) is 11.5 Å². The molecule has 0 atom stereocenters. The Bertz CT molecular complexity index is 645. The molecule has 0 amide bonds. The van der Waals surface area contributed by atoms with E-state index in [1.807, 2.05) is 0 Å². The van der Waals surface area contributed by atoms with Crippen molar-refractivity contribution >= 4 is 17.6 Å². The van der Waals surface area contributed by atoms with Gasteiger partial charge in [-0.25, -0.2) is 4.99 Å². The molecule has 0 aromatic heterocycles. The molecule has 5 N–H and O–H groups in total. The minimum absolute atomic E-state index is 0.00214. The number of nitrogens with two attached hydrogens (primary N) is 2. The molecule has 0 bridgehead atoms. The van der Waals surface area contributed by atoms with E-state index in [4.69, 9.17) is 21.3 Å². The fourth-order valence-corrected chi connectivity index (χ4v) is 1.72. The van der Waals surface area contributed by atoms with E-state index in [0.29, 0.717) is 17.2 Å². The monoisotopic (exact) mass is 285 g/mol. The van der Waals surface area contributed by atoms with Gasteiger partial charge in [0.2, 0.25) is 0 Å². The Labute approximate surface area is 121 Å². The summed E-state index contributed by atoms with van der Waals surface area (Å²) in [6.07, 6.45) is -0.00646. The SMILES string of the molecule is NC(N)=Nc1ccc(Oc2ccc(CC(=O)O)cc2)cc1. The fraction of sp³-hybridized carbons (Fsp3) is 0.0667. The number of rotatable bonds is 5. The van der Waals surface area contributed by atoms with Crippen LogP contribution in [0.4, 0.5) is 5.69 Å². The number of carboxylic acid groups (broad SMARTS) is 1. The quantitative estimate of drug-likeness (QED) is 0.575. The third-order valence-corrected chi connectivity index (χ3v) is 2.61. The number of hydrogen-bond donors (Lipinski definition) is 3. The van der Waals surface area contributed by atoms with Crippen LogP contribution in [-0.2, 0) is 11.2 Å². The van der Waals surface area contributed by atoms with Crippen molar-refractivity contribution in [2.75, 3.05) is 0 Å². The van der Waals surface area contributed by atoms with Gasteiger partial charge in [0.05, 0.1) is 12.1 Å². The van der Waals surface area contributed by atoms with E-state index in [1.165, 1.54) is 0 Å². The molecule has 6 heteroatoms. The van der Waals surface area contributed by atoms with E-state index in [0.717, 1.165) is 5.56 Å². The molecule has 2 aromatic rings. The second kappa shape index (κ2) is 6.42. The Hall–Kier alpha value is -3.02. The van der Waals surface area contributed by atoms with Gasteiger partial charge in [-0.15, -0.1) is 0 Å². The number of benzene rings is 2. The molecule has 0 saturated heterocycles. The molecule has 108 valence electrons. The molecule has 0 radical (unpaired) electrons. The Balaban J connectivity index is 2.04. The number of aliphatic imine (C=N–C) groups is 1. The second-order valence-electron chi connectivity index (χ2n) is 4.35. The van der Waals surface area contributed by atoms with Crippen LogP contribution in [0.25, 0.3) is 0 Å². The van der Waals surface area contributed by atoms with Crippen molar-refractivity contribution in [3.63, 3.8) is 0 Å². The van der Waals surface area contributed by atoms with Crippen molar-refractivity contribution in [3.05, 3.63) is 54.1 Å². The van der Waals surface area contributed by atoms with Crippen LogP contribution in [0.5, 0.6) is 11.5 Å². The third kappa shape index (κ3) is 4.54. The maximum absolute atomic E-state index is 10.6. The van der Waals surface area contributed by atoms with Crippen LogP contribution in [0.15, 0.2) is 53.5 Å². The molecule has 0 aliphatic rings. The lowest BCUT2D eigenvalue weighted by Crippen LogP contribution is -2.21. The van der Waals surface area contributed by atoms with Crippen LogP contribution in [0, 0.1) is 0 Å². The highest BCUT2D eigenvalue weighted by Crippen LogP contribution is 2.24. The van der Waals surface area contributed by atoms with Gasteiger partial charge in [0, 0.05) is 0 Å². The van der Waals surface area contributed by atoms with Crippen molar-refractivity contribution < 1.29 is 14.6 Å². The van der Waals surface area contributed by atoms with Crippen LogP contribution >= 0.6 is 0 Å². The first-order valence-electron chi connectivity index (χ1n) is 6.21. The average Bonchev–Trinajstić information content (AvgIpc) is 2.42. The second-order valence-corrected chi connectivity index (χ2v) is 4.35. The predicted molar refractivity (Wildman–Crippen MR) is 79.8 cm³/mol. The fourth-order valence-electron chi connectivity index (χ4n) is 1.72.